The van der Waals surface area contributed by atoms with Crippen molar-refractivity contribution in [2.75, 3.05) is 20.7 Å². The highest BCUT2D eigenvalue weighted by Gasteiger charge is 2.12. The molecule has 106 valence electrons. The molecule has 0 radical (unpaired) electrons. The Morgan fingerprint density at radius 1 is 1.60 bits per heavy atom. The molecule has 1 aromatic rings. The normalized spacial score (nSPS) is 10.3. The van der Waals surface area contributed by atoms with Crippen LogP contribution >= 0.6 is 0 Å². The first-order valence-corrected chi connectivity index (χ1v) is 5.99. The maximum atomic E-state index is 11.6. The van der Waals surface area contributed by atoms with Crippen molar-refractivity contribution in [2.24, 2.45) is 0 Å². The van der Waals surface area contributed by atoms with Gasteiger partial charge in [-0.1, -0.05) is 0 Å². The Morgan fingerprint density at radius 3 is 2.85 bits per heavy atom. The van der Waals surface area contributed by atoms with E-state index in [2.05, 4.69) is 4.98 Å². The Morgan fingerprint density at radius 2 is 2.30 bits per heavy atom. The molecule has 0 aromatic carbocycles. The van der Waals surface area contributed by atoms with Gasteiger partial charge in [-0.2, -0.15) is 10.2 Å². The van der Waals surface area contributed by atoms with Crippen LogP contribution in [0.5, 0.6) is 0 Å². The lowest BCUT2D eigenvalue weighted by Gasteiger charge is -2.11. The van der Waals surface area contributed by atoms with Crippen LogP contribution in [0.1, 0.15) is 18.2 Å². The number of carbonyl (C=O) groups excluding carboxylic acids is 1. The van der Waals surface area contributed by atoms with Crippen LogP contribution in [0, 0.1) is 11.3 Å². The minimum Gasteiger partial charge on any atom is -0.465 e. The van der Waals surface area contributed by atoms with Crippen molar-refractivity contribution in [3.63, 3.8) is 0 Å². The molecule has 0 spiro atoms. The van der Waals surface area contributed by atoms with Gasteiger partial charge in [0.2, 0.25) is 0 Å². The third-order valence-corrected chi connectivity index (χ3v) is 2.34. The molecule has 1 aromatic heterocycles. The van der Waals surface area contributed by atoms with E-state index in [1.54, 1.807) is 38.2 Å². The van der Waals surface area contributed by atoms with Gasteiger partial charge in [-0.3, -0.25) is 9.59 Å². The molecule has 20 heavy (non-hydrogen) atoms. The van der Waals surface area contributed by atoms with E-state index < -0.39 is 11.5 Å². The first-order chi connectivity index (χ1) is 9.49. The smallest absolute Gasteiger partial charge is 0.325 e. The molecule has 0 amide bonds. The average Bonchev–Trinajstić information content (AvgIpc) is 2.38. The molecule has 1 heterocycles. The van der Waals surface area contributed by atoms with Crippen LogP contribution < -0.4 is 5.56 Å². The van der Waals surface area contributed by atoms with Crippen LogP contribution in [0.3, 0.4) is 0 Å². The molecule has 0 aliphatic heterocycles. The number of carbonyl (C=O) groups is 1. The molecule has 1 rings (SSSR count). The minimum absolute atomic E-state index is 0.102. The van der Waals surface area contributed by atoms with Crippen molar-refractivity contribution in [3.8, 4) is 6.07 Å². The highest BCUT2D eigenvalue weighted by atomic mass is 16.5. The van der Waals surface area contributed by atoms with E-state index in [1.807, 2.05) is 6.07 Å². The van der Waals surface area contributed by atoms with Crippen molar-refractivity contribution >= 4 is 12.0 Å². The Balaban J connectivity index is 3.26. The summed E-state index contributed by atoms with van der Waals surface area (Å²) in [6, 6.07) is 1.82. The monoisotopic (exact) mass is 276 g/mol. The minimum atomic E-state index is -0.619. The van der Waals surface area contributed by atoms with Crippen LogP contribution in [0.15, 0.2) is 17.3 Å². The number of ether oxygens (including phenoxy) is 1. The highest BCUT2D eigenvalue weighted by molar-refractivity contribution is 5.70. The summed E-state index contributed by atoms with van der Waals surface area (Å²) >= 11 is 0. The van der Waals surface area contributed by atoms with Gasteiger partial charge in [-0.15, -0.1) is 0 Å². The molecular weight excluding hydrogens is 260 g/mol. The summed E-state index contributed by atoms with van der Waals surface area (Å²) in [4.78, 5) is 28.4. The zero-order valence-corrected chi connectivity index (χ0v) is 11.7. The average molecular weight is 276 g/mol. The summed E-state index contributed by atoms with van der Waals surface area (Å²) in [5.74, 6) is -0.457. The van der Waals surface area contributed by atoms with E-state index in [0.717, 1.165) is 0 Å². The van der Waals surface area contributed by atoms with Gasteiger partial charge in [0.05, 0.1) is 18.6 Å². The van der Waals surface area contributed by atoms with Crippen molar-refractivity contribution in [2.45, 2.75) is 13.5 Å². The zero-order valence-electron chi connectivity index (χ0n) is 11.7. The lowest BCUT2D eigenvalue weighted by Crippen LogP contribution is -2.22. The molecule has 0 saturated heterocycles. The van der Waals surface area contributed by atoms with Crippen LogP contribution in [-0.4, -0.2) is 41.1 Å². The summed E-state index contributed by atoms with van der Waals surface area (Å²) < 4.78 is 6.26. The SMILES string of the molecule is CCOC(=O)Cn1cnc(=O)c(C#N)c1C=CN(C)C. The summed E-state index contributed by atoms with van der Waals surface area (Å²) in [5.41, 5.74) is -0.393. The number of hydrogen-bond donors (Lipinski definition) is 0. The van der Waals surface area contributed by atoms with Crippen LogP contribution in [0.2, 0.25) is 0 Å². The van der Waals surface area contributed by atoms with Crippen molar-refractivity contribution in [3.05, 3.63) is 34.1 Å². The van der Waals surface area contributed by atoms with E-state index in [9.17, 15) is 9.59 Å². The van der Waals surface area contributed by atoms with Crippen LogP contribution in [-0.2, 0) is 16.1 Å². The summed E-state index contributed by atoms with van der Waals surface area (Å²) in [6.07, 6.45) is 4.49. The molecule has 0 N–H and O–H groups in total. The number of esters is 1. The molecule has 0 atom stereocenters. The molecule has 0 bridgehead atoms. The number of rotatable bonds is 5. The largest absolute Gasteiger partial charge is 0.465 e. The molecule has 0 aliphatic carbocycles. The summed E-state index contributed by atoms with van der Waals surface area (Å²) in [6.45, 7) is 1.86. The topological polar surface area (TPSA) is 88.2 Å². The van der Waals surface area contributed by atoms with Gasteiger partial charge in [0.15, 0.2) is 0 Å². The van der Waals surface area contributed by atoms with Crippen molar-refractivity contribution < 1.29 is 9.53 Å². The second kappa shape index (κ2) is 7.09. The molecular formula is C13H16N4O3. The maximum absolute atomic E-state index is 11.6. The van der Waals surface area contributed by atoms with Gasteiger partial charge in [-0.25, -0.2) is 0 Å². The number of hydrogen-bond acceptors (Lipinski definition) is 6. The van der Waals surface area contributed by atoms with Crippen molar-refractivity contribution in [1.82, 2.24) is 14.5 Å². The standard InChI is InChI=1S/C13H16N4O3/c1-4-20-12(18)8-17-9-15-13(19)10(7-14)11(17)5-6-16(2)3/h5-6,9H,4,8H2,1-3H3. The molecule has 0 aliphatic rings. The van der Waals surface area contributed by atoms with E-state index >= 15 is 0 Å². The third-order valence-electron chi connectivity index (χ3n) is 2.34. The lowest BCUT2D eigenvalue weighted by molar-refractivity contribution is -0.143. The maximum Gasteiger partial charge on any atom is 0.325 e. The van der Waals surface area contributed by atoms with Crippen LogP contribution in [0.4, 0.5) is 0 Å². The van der Waals surface area contributed by atoms with E-state index in [4.69, 9.17) is 10.00 Å². The fourth-order valence-electron chi connectivity index (χ4n) is 1.48. The van der Waals surface area contributed by atoms with Crippen molar-refractivity contribution in [1.29, 1.82) is 5.26 Å². The van der Waals surface area contributed by atoms with Gasteiger partial charge in [0, 0.05) is 20.3 Å². The lowest BCUT2D eigenvalue weighted by atomic mass is 10.2. The van der Waals surface area contributed by atoms with Gasteiger partial charge < -0.3 is 14.2 Å². The Labute approximate surface area is 116 Å². The quantitative estimate of drug-likeness (QED) is 0.714. The first-order valence-electron chi connectivity index (χ1n) is 5.99. The predicted molar refractivity (Wildman–Crippen MR) is 72.6 cm³/mol. The number of nitrogens with zero attached hydrogens (tertiary/aromatic N) is 4. The first kappa shape index (κ1) is 15.4. The zero-order chi connectivity index (χ0) is 15.1. The fourth-order valence-corrected chi connectivity index (χ4v) is 1.48. The van der Waals surface area contributed by atoms with Gasteiger partial charge >= 0.3 is 5.97 Å². The fraction of sp³-hybridized carbons (Fsp3) is 0.385. The third kappa shape index (κ3) is 3.95. The number of aromatic nitrogens is 2. The molecule has 0 fully saturated rings. The molecule has 0 saturated carbocycles. The Hall–Kier alpha value is -2.62. The van der Waals surface area contributed by atoms with Gasteiger partial charge in [-0.05, 0) is 13.0 Å². The second-order valence-corrected chi connectivity index (χ2v) is 4.13. The summed E-state index contributed by atoms with van der Waals surface area (Å²) in [5, 5.41) is 9.06. The molecule has 7 nitrogen and oxygen atoms in total. The van der Waals surface area contributed by atoms with Gasteiger partial charge in [0.1, 0.15) is 18.2 Å². The predicted octanol–water partition coefficient (Wildman–Crippen LogP) is 0.210. The highest BCUT2D eigenvalue weighted by Crippen LogP contribution is 2.06. The molecule has 0 unspecified atom stereocenters. The Kier molecular flexibility index (Phi) is 5.47. The second-order valence-electron chi connectivity index (χ2n) is 4.13. The van der Waals surface area contributed by atoms with E-state index in [-0.39, 0.29) is 18.7 Å². The Bertz CT molecular complexity index is 611. The van der Waals surface area contributed by atoms with Gasteiger partial charge in [0.25, 0.3) is 5.56 Å². The summed E-state index contributed by atoms with van der Waals surface area (Å²) in [7, 11) is 3.61. The van der Waals surface area contributed by atoms with E-state index in [1.165, 1.54) is 10.9 Å². The van der Waals surface area contributed by atoms with Crippen LogP contribution in [0.25, 0.3) is 6.08 Å². The number of nitriles is 1. The van der Waals surface area contributed by atoms with E-state index in [0.29, 0.717) is 5.69 Å². The molecule has 7 heteroatoms.